The maximum absolute atomic E-state index is 13.1. The number of aliphatic hydroxyl groups is 5. The Labute approximate surface area is 357 Å². The molecule has 0 aromatic rings. The summed E-state index contributed by atoms with van der Waals surface area (Å²) in [6.45, 7) is 3.18. The van der Waals surface area contributed by atoms with Crippen molar-refractivity contribution in [3.05, 3.63) is 24.3 Å². The van der Waals surface area contributed by atoms with Crippen molar-refractivity contribution in [1.29, 1.82) is 0 Å². The molecule has 13 nitrogen and oxygen atoms in total. The molecule has 59 heavy (non-hydrogen) atoms. The minimum absolute atomic E-state index is 0.229. The topological polar surface area (TPSA) is 212 Å². The zero-order valence-electron chi connectivity index (χ0n) is 36.7. The molecule has 7 N–H and O–H groups in total. The second-order valence-electron chi connectivity index (χ2n) is 16.5. The van der Waals surface area contributed by atoms with E-state index in [1.807, 2.05) is 6.08 Å². The molecule has 0 aliphatic carbocycles. The number of ether oxygens (including phenoxy) is 2. The van der Waals surface area contributed by atoms with E-state index in [9.17, 15) is 43.3 Å². The van der Waals surface area contributed by atoms with E-state index < -0.39 is 78.5 Å². The van der Waals surface area contributed by atoms with E-state index in [0.29, 0.717) is 12.8 Å². The lowest BCUT2D eigenvalue weighted by atomic mass is 9.99. The molecule has 0 saturated carbocycles. The van der Waals surface area contributed by atoms with Crippen LogP contribution in [0.4, 0.5) is 0 Å². The smallest absolute Gasteiger partial charge is 0.394 e. The predicted molar refractivity (Wildman–Crippen MR) is 233 cm³/mol. The highest BCUT2D eigenvalue weighted by molar-refractivity contribution is 7.80. The van der Waals surface area contributed by atoms with E-state index in [1.54, 1.807) is 0 Å². The van der Waals surface area contributed by atoms with Crippen LogP contribution in [0.1, 0.15) is 194 Å². The Hall–Kier alpha value is -1.46. The van der Waals surface area contributed by atoms with Gasteiger partial charge in [0.1, 0.15) is 30.5 Å². The number of hydrogen-bond acceptors (Lipinski definition) is 11. The van der Waals surface area contributed by atoms with E-state index in [-0.39, 0.29) is 6.42 Å². The maximum Gasteiger partial charge on any atom is 0.397 e. The van der Waals surface area contributed by atoms with Crippen LogP contribution in [-0.2, 0) is 28.9 Å². The number of amides is 1. The lowest BCUT2D eigenvalue weighted by molar-refractivity contribution is -0.298. The molecule has 348 valence electrons. The number of unbranched alkanes of at least 4 members (excludes halogenated alkanes) is 24. The summed E-state index contributed by atoms with van der Waals surface area (Å²) in [5, 5.41) is 55.1. The summed E-state index contributed by atoms with van der Waals surface area (Å²) in [5.74, 6) is -0.712. The van der Waals surface area contributed by atoms with E-state index in [4.69, 9.17) is 9.47 Å². The number of allylic oxidation sites excluding steroid dienone is 3. The highest BCUT2D eigenvalue weighted by Gasteiger charge is 2.48. The molecule has 14 heteroatoms. The van der Waals surface area contributed by atoms with E-state index >= 15 is 0 Å². The van der Waals surface area contributed by atoms with Crippen LogP contribution in [-0.4, -0.2) is 107 Å². The van der Waals surface area contributed by atoms with E-state index in [2.05, 4.69) is 35.5 Å². The van der Waals surface area contributed by atoms with Gasteiger partial charge in [-0.3, -0.25) is 9.35 Å². The minimum atomic E-state index is -5.12. The molecule has 8 unspecified atom stereocenters. The van der Waals surface area contributed by atoms with Crippen LogP contribution in [0.25, 0.3) is 0 Å². The highest BCUT2D eigenvalue weighted by atomic mass is 32.3. The van der Waals surface area contributed by atoms with Crippen molar-refractivity contribution in [2.24, 2.45) is 0 Å². The van der Waals surface area contributed by atoms with Gasteiger partial charge in [-0.1, -0.05) is 173 Å². The first kappa shape index (κ1) is 55.6. The molecule has 1 heterocycles. The molecule has 0 aromatic heterocycles. The van der Waals surface area contributed by atoms with Crippen LogP contribution in [0, 0.1) is 0 Å². The third-order valence-electron chi connectivity index (χ3n) is 11.1. The third kappa shape index (κ3) is 28.7. The Kier molecular flexibility index (Phi) is 34.0. The van der Waals surface area contributed by atoms with Gasteiger partial charge in [0.05, 0.1) is 25.4 Å². The Bertz CT molecular complexity index is 1170. The summed E-state index contributed by atoms with van der Waals surface area (Å²) in [7, 11) is -5.12. The lowest BCUT2D eigenvalue weighted by Crippen LogP contribution is -2.61. The van der Waals surface area contributed by atoms with Gasteiger partial charge < -0.3 is 40.3 Å². The summed E-state index contributed by atoms with van der Waals surface area (Å²) in [6, 6.07) is -1.12. The first-order valence-electron chi connectivity index (χ1n) is 23.3. The number of hydrogen-bond donors (Lipinski definition) is 7. The van der Waals surface area contributed by atoms with Crippen molar-refractivity contribution in [3.8, 4) is 0 Å². The van der Waals surface area contributed by atoms with Crippen molar-refractivity contribution in [1.82, 2.24) is 5.32 Å². The quantitative estimate of drug-likeness (QED) is 0.0179. The molecule has 1 amide bonds. The first-order valence-corrected chi connectivity index (χ1v) is 24.7. The van der Waals surface area contributed by atoms with Crippen LogP contribution in [0.3, 0.4) is 0 Å². The van der Waals surface area contributed by atoms with Crippen LogP contribution in [0.5, 0.6) is 0 Å². The monoisotopic (exact) mass is 864 g/mol. The van der Waals surface area contributed by atoms with Crippen LogP contribution in [0.2, 0.25) is 0 Å². The number of nitrogens with one attached hydrogen (secondary N) is 1. The number of aliphatic hydroxyl groups excluding tert-OH is 5. The fourth-order valence-corrected chi connectivity index (χ4v) is 7.85. The lowest BCUT2D eigenvalue weighted by Gasteiger charge is -2.41. The average molecular weight is 864 g/mol. The maximum atomic E-state index is 13.1. The molecule has 0 bridgehead atoms. The van der Waals surface area contributed by atoms with Gasteiger partial charge in [-0.2, -0.15) is 8.42 Å². The highest BCUT2D eigenvalue weighted by Crippen LogP contribution is 2.26. The van der Waals surface area contributed by atoms with Gasteiger partial charge in [0.2, 0.25) is 5.91 Å². The zero-order chi connectivity index (χ0) is 43.6. The number of rotatable bonds is 39. The van der Waals surface area contributed by atoms with Gasteiger partial charge in [0.25, 0.3) is 0 Å². The molecule has 1 aliphatic heterocycles. The van der Waals surface area contributed by atoms with Crippen LogP contribution in [0.15, 0.2) is 24.3 Å². The van der Waals surface area contributed by atoms with Crippen molar-refractivity contribution in [3.63, 3.8) is 0 Å². The minimum Gasteiger partial charge on any atom is -0.394 e. The summed E-state index contributed by atoms with van der Waals surface area (Å²) in [4.78, 5) is 13.1. The normalized spacial score (nSPS) is 21.7. The number of carbonyl (C=O) groups is 1. The second kappa shape index (κ2) is 36.1. The predicted octanol–water partition coefficient (Wildman–Crippen LogP) is 7.91. The molecular formula is C45H85NO12S. The SMILES string of the molecule is CCCCC/C=C\CCCCCCC(O)C(=O)NC(COC1OC(CO)C(O)C(OS(=O)(=O)O)C1O)C(O)/C=C/CCCCCCCCCCCCCCCCCCC. The molecule has 1 saturated heterocycles. The van der Waals surface area contributed by atoms with Crippen LogP contribution >= 0.6 is 0 Å². The van der Waals surface area contributed by atoms with Gasteiger partial charge in [-0.15, -0.1) is 0 Å². The standard InChI is InChI=1S/C45H85NO12S/c1-3-5-7-9-11-13-15-16-17-18-19-20-21-22-24-25-27-29-31-33-38(48)37(36-56-45-42(51)43(58-59(53,54)55)41(50)40(35-47)57-45)46-44(52)39(49)34-32-30-28-26-23-14-12-10-8-6-4-2/h12,14,31,33,37-43,45,47-51H,3-11,13,15-30,32,34-36H2,1-2H3,(H,46,52)(H,53,54,55)/b14-12-,33-31+. The van der Waals surface area contributed by atoms with Crippen molar-refractivity contribution < 1.29 is 57.0 Å². The van der Waals surface area contributed by atoms with E-state index in [1.165, 1.54) is 115 Å². The molecule has 1 fully saturated rings. The van der Waals surface area contributed by atoms with Crippen molar-refractivity contribution in [2.45, 2.75) is 243 Å². The summed E-state index contributed by atoms with van der Waals surface area (Å²) >= 11 is 0. The largest absolute Gasteiger partial charge is 0.397 e. The molecular weight excluding hydrogens is 779 g/mol. The third-order valence-corrected chi connectivity index (χ3v) is 11.5. The van der Waals surface area contributed by atoms with Gasteiger partial charge in [-0.05, 0) is 44.9 Å². The Morgan fingerprint density at radius 1 is 0.678 bits per heavy atom. The fourth-order valence-electron chi connectivity index (χ4n) is 7.34. The summed E-state index contributed by atoms with van der Waals surface area (Å²) in [6.07, 6.45) is 28.4. The average Bonchev–Trinajstić information content (AvgIpc) is 3.20. The summed E-state index contributed by atoms with van der Waals surface area (Å²) < 4.78 is 47.5. The Balaban J connectivity index is 2.57. The molecule has 8 atom stereocenters. The molecule has 0 spiro atoms. The van der Waals surface area contributed by atoms with Crippen molar-refractivity contribution in [2.75, 3.05) is 13.2 Å². The summed E-state index contributed by atoms with van der Waals surface area (Å²) in [5.41, 5.74) is 0. The molecule has 0 radical (unpaired) electrons. The van der Waals surface area contributed by atoms with Gasteiger partial charge in [0.15, 0.2) is 6.29 Å². The molecule has 1 rings (SSSR count). The van der Waals surface area contributed by atoms with Gasteiger partial charge in [-0.25, -0.2) is 4.18 Å². The van der Waals surface area contributed by atoms with Crippen LogP contribution < -0.4 is 5.32 Å². The van der Waals surface area contributed by atoms with Gasteiger partial charge in [0, 0.05) is 0 Å². The Morgan fingerprint density at radius 2 is 1.12 bits per heavy atom. The zero-order valence-corrected chi connectivity index (χ0v) is 37.5. The van der Waals surface area contributed by atoms with Crippen molar-refractivity contribution >= 4 is 16.3 Å². The number of carbonyl (C=O) groups excluding carboxylic acids is 1. The van der Waals surface area contributed by atoms with E-state index in [0.717, 1.165) is 51.4 Å². The Morgan fingerprint density at radius 3 is 1.61 bits per heavy atom. The fraction of sp³-hybridized carbons (Fsp3) is 0.889. The molecule has 1 aliphatic rings. The van der Waals surface area contributed by atoms with Gasteiger partial charge >= 0.3 is 10.4 Å². The second-order valence-corrected chi connectivity index (χ2v) is 17.5. The molecule has 0 aromatic carbocycles. The first-order chi connectivity index (χ1) is 28.4.